The van der Waals surface area contributed by atoms with Gasteiger partial charge in [0.1, 0.15) is 12.2 Å². The number of thiazole rings is 1. The predicted molar refractivity (Wildman–Crippen MR) is 67.5 cm³/mol. The molecule has 0 aliphatic heterocycles. The van der Waals surface area contributed by atoms with Crippen LogP contribution in [-0.4, -0.2) is 41.0 Å². The number of hydrogen-bond acceptors (Lipinski definition) is 5. The number of aromatic nitrogens is 1. The van der Waals surface area contributed by atoms with E-state index >= 15 is 0 Å². The first-order chi connectivity index (χ1) is 8.61. The molecule has 0 atom stereocenters. The Hall–Kier alpha value is -1.43. The van der Waals surface area contributed by atoms with Crippen molar-refractivity contribution in [3.8, 4) is 0 Å². The molecule has 1 aromatic heterocycles. The van der Waals surface area contributed by atoms with Crippen molar-refractivity contribution in [1.82, 2.24) is 9.88 Å². The van der Waals surface area contributed by atoms with E-state index in [2.05, 4.69) is 4.98 Å². The van der Waals surface area contributed by atoms with Crippen LogP contribution in [0.3, 0.4) is 0 Å². The number of esters is 1. The molecule has 1 saturated carbocycles. The molecule has 0 saturated heterocycles. The Kier molecular flexibility index (Phi) is 3.96. The molecule has 1 fully saturated rings. The molecule has 0 N–H and O–H groups in total. The third-order valence-corrected chi connectivity index (χ3v) is 3.46. The van der Waals surface area contributed by atoms with Gasteiger partial charge in [-0.05, 0) is 26.7 Å². The molecule has 0 bridgehead atoms. The molecule has 1 aromatic rings. The minimum absolute atomic E-state index is 0.0217. The summed E-state index contributed by atoms with van der Waals surface area (Å²) in [4.78, 5) is 29.5. The van der Waals surface area contributed by atoms with Gasteiger partial charge in [-0.1, -0.05) is 0 Å². The van der Waals surface area contributed by atoms with E-state index in [9.17, 15) is 9.59 Å². The largest absolute Gasteiger partial charge is 0.465 e. The first-order valence-electron chi connectivity index (χ1n) is 6.00. The van der Waals surface area contributed by atoms with E-state index in [0.29, 0.717) is 12.3 Å². The molecule has 5 nitrogen and oxygen atoms in total. The third kappa shape index (κ3) is 3.07. The van der Waals surface area contributed by atoms with Crippen LogP contribution in [0.15, 0.2) is 5.38 Å². The molecule has 6 heteroatoms. The van der Waals surface area contributed by atoms with Crippen LogP contribution in [0, 0.1) is 6.92 Å². The fraction of sp³-hybridized carbons (Fsp3) is 0.583. The van der Waals surface area contributed by atoms with Gasteiger partial charge in [0.05, 0.1) is 11.6 Å². The van der Waals surface area contributed by atoms with Gasteiger partial charge in [-0.3, -0.25) is 9.59 Å². The lowest BCUT2D eigenvalue weighted by molar-refractivity contribution is -0.144. The number of nitrogens with zero attached hydrogens (tertiary/aromatic N) is 2. The number of rotatable bonds is 5. The summed E-state index contributed by atoms with van der Waals surface area (Å²) in [6.07, 6.45) is 1.91. The van der Waals surface area contributed by atoms with Crippen LogP contribution in [0.4, 0.5) is 0 Å². The van der Waals surface area contributed by atoms with Crippen molar-refractivity contribution in [3.05, 3.63) is 16.1 Å². The molecular formula is C12H16N2O3S. The summed E-state index contributed by atoms with van der Waals surface area (Å²) >= 11 is 1.44. The molecule has 1 heterocycles. The Balaban J connectivity index is 2.05. The van der Waals surface area contributed by atoms with Crippen LogP contribution in [-0.2, 0) is 9.53 Å². The normalized spacial score (nSPS) is 14.3. The van der Waals surface area contributed by atoms with Crippen molar-refractivity contribution in [3.63, 3.8) is 0 Å². The molecular weight excluding hydrogens is 252 g/mol. The van der Waals surface area contributed by atoms with Gasteiger partial charge < -0.3 is 9.64 Å². The van der Waals surface area contributed by atoms with E-state index in [-0.39, 0.29) is 24.5 Å². The molecule has 0 unspecified atom stereocenters. The van der Waals surface area contributed by atoms with Gasteiger partial charge in [0, 0.05) is 11.4 Å². The Bertz CT molecular complexity index is 454. The lowest BCUT2D eigenvalue weighted by Gasteiger charge is -2.20. The van der Waals surface area contributed by atoms with Crippen LogP contribution >= 0.6 is 11.3 Å². The zero-order valence-corrected chi connectivity index (χ0v) is 11.3. The first kappa shape index (κ1) is 13.0. The summed E-state index contributed by atoms with van der Waals surface area (Å²) in [5.41, 5.74) is 0.425. The molecule has 18 heavy (non-hydrogen) atoms. The van der Waals surface area contributed by atoms with E-state index in [0.717, 1.165) is 17.8 Å². The van der Waals surface area contributed by atoms with E-state index in [4.69, 9.17) is 4.74 Å². The lowest BCUT2D eigenvalue weighted by atomic mass is 10.3. The maximum Gasteiger partial charge on any atom is 0.325 e. The van der Waals surface area contributed by atoms with E-state index in [1.54, 1.807) is 17.2 Å². The minimum atomic E-state index is -0.357. The van der Waals surface area contributed by atoms with E-state index < -0.39 is 0 Å². The van der Waals surface area contributed by atoms with Crippen LogP contribution in [0.25, 0.3) is 0 Å². The van der Waals surface area contributed by atoms with Gasteiger partial charge in [-0.25, -0.2) is 4.98 Å². The topological polar surface area (TPSA) is 59.5 Å². The van der Waals surface area contributed by atoms with Gasteiger partial charge in [-0.15, -0.1) is 11.3 Å². The number of carbonyl (C=O) groups excluding carboxylic acids is 2. The average Bonchev–Trinajstić information content (AvgIpc) is 3.08. The molecule has 0 radical (unpaired) electrons. The Morgan fingerprint density at radius 2 is 2.28 bits per heavy atom. The van der Waals surface area contributed by atoms with Gasteiger partial charge in [-0.2, -0.15) is 0 Å². The van der Waals surface area contributed by atoms with Crippen molar-refractivity contribution in [2.75, 3.05) is 13.2 Å². The minimum Gasteiger partial charge on any atom is -0.465 e. The molecule has 0 spiro atoms. The first-order valence-corrected chi connectivity index (χ1v) is 6.88. The van der Waals surface area contributed by atoms with Gasteiger partial charge in [0.15, 0.2) is 0 Å². The lowest BCUT2D eigenvalue weighted by Crippen LogP contribution is -2.38. The SMILES string of the molecule is CCOC(=O)CN(C(=O)c1csc(C)n1)C1CC1. The summed E-state index contributed by atoms with van der Waals surface area (Å²) in [5.74, 6) is -0.528. The number of carbonyl (C=O) groups is 2. The van der Waals surface area contributed by atoms with Gasteiger partial charge in [0.2, 0.25) is 0 Å². The fourth-order valence-corrected chi connectivity index (χ4v) is 2.29. The van der Waals surface area contributed by atoms with Crippen molar-refractivity contribution in [2.45, 2.75) is 32.7 Å². The van der Waals surface area contributed by atoms with Gasteiger partial charge in [0.25, 0.3) is 5.91 Å². The molecule has 1 aliphatic carbocycles. The predicted octanol–water partition coefficient (Wildman–Crippen LogP) is 1.62. The quantitative estimate of drug-likeness (QED) is 0.761. The number of amides is 1. The van der Waals surface area contributed by atoms with Crippen LogP contribution in [0.5, 0.6) is 0 Å². The number of hydrogen-bond donors (Lipinski definition) is 0. The smallest absolute Gasteiger partial charge is 0.325 e. The number of aryl methyl sites for hydroxylation is 1. The highest BCUT2D eigenvalue weighted by atomic mass is 32.1. The summed E-state index contributed by atoms with van der Waals surface area (Å²) in [6, 6.07) is 0.170. The van der Waals surface area contributed by atoms with Crippen LogP contribution in [0.1, 0.15) is 35.3 Å². The highest BCUT2D eigenvalue weighted by molar-refractivity contribution is 7.09. The Morgan fingerprint density at radius 3 is 2.78 bits per heavy atom. The maximum absolute atomic E-state index is 12.2. The maximum atomic E-state index is 12.2. The third-order valence-electron chi connectivity index (χ3n) is 2.69. The second-order valence-corrected chi connectivity index (χ2v) is 5.28. The summed E-state index contributed by atoms with van der Waals surface area (Å²) in [5, 5.41) is 2.59. The Morgan fingerprint density at radius 1 is 1.56 bits per heavy atom. The van der Waals surface area contributed by atoms with Crippen molar-refractivity contribution in [2.24, 2.45) is 0 Å². The van der Waals surface area contributed by atoms with Crippen molar-refractivity contribution >= 4 is 23.2 Å². The van der Waals surface area contributed by atoms with Gasteiger partial charge >= 0.3 is 5.97 Å². The zero-order chi connectivity index (χ0) is 13.1. The summed E-state index contributed by atoms with van der Waals surface area (Å²) in [6.45, 7) is 3.97. The molecule has 1 aliphatic rings. The summed E-state index contributed by atoms with van der Waals surface area (Å²) < 4.78 is 4.89. The monoisotopic (exact) mass is 268 g/mol. The molecule has 1 amide bonds. The molecule has 98 valence electrons. The van der Waals surface area contributed by atoms with E-state index in [1.165, 1.54) is 11.3 Å². The molecule has 2 rings (SSSR count). The second kappa shape index (κ2) is 5.48. The Labute approximate surface area is 110 Å². The fourth-order valence-electron chi connectivity index (χ4n) is 1.71. The average molecular weight is 268 g/mol. The second-order valence-electron chi connectivity index (χ2n) is 4.22. The number of ether oxygens (including phenoxy) is 1. The van der Waals surface area contributed by atoms with Crippen LogP contribution < -0.4 is 0 Å². The molecule has 0 aromatic carbocycles. The van der Waals surface area contributed by atoms with Crippen molar-refractivity contribution in [1.29, 1.82) is 0 Å². The highest BCUT2D eigenvalue weighted by Gasteiger charge is 2.35. The highest BCUT2D eigenvalue weighted by Crippen LogP contribution is 2.28. The zero-order valence-electron chi connectivity index (χ0n) is 10.5. The standard InChI is InChI=1S/C12H16N2O3S/c1-3-17-11(15)6-14(9-4-5-9)12(16)10-7-18-8(2)13-10/h7,9H,3-6H2,1-2H3. The van der Waals surface area contributed by atoms with Crippen LogP contribution in [0.2, 0.25) is 0 Å². The summed E-state index contributed by atoms with van der Waals surface area (Å²) in [7, 11) is 0. The van der Waals surface area contributed by atoms with E-state index in [1.807, 2.05) is 6.92 Å². The van der Waals surface area contributed by atoms with Crippen molar-refractivity contribution < 1.29 is 14.3 Å².